The zero-order valence-electron chi connectivity index (χ0n) is 14.3. The molecule has 2 N–H and O–H groups in total. The lowest BCUT2D eigenvalue weighted by Crippen LogP contribution is -2.28. The van der Waals surface area contributed by atoms with E-state index in [0.29, 0.717) is 32.1 Å². The van der Waals surface area contributed by atoms with Crippen LogP contribution in [-0.2, 0) is 16.0 Å². The first-order valence-corrected chi connectivity index (χ1v) is 8.61. The second-order valence-corrected chi connectivity index (χ2v) is 6.64. The quantitative estimate of drug-likeness (QED) is 0.749. The molecular weight excluding hydrogens is 316 g/mol. The first-order chi connectivity index (χ1) is 12.0. The van der Waals surface area contributed by atoms with E-state index >= 15 is 0 Å². The molecule has 0 spiro atoms. The van der Waals surface area contributed by atoms with Gasteiger partial charge in [0.25, 0.3) is 0 Å². The number of hydrogen-bond acceptors (Lipinski definition) is 4. The van der Waals surface area contributed by atoms with Crippen LogP contribution in [0.15, 0.2) is 28.4 Å². The van der Waals surface area contributed by atoms with Crippen molar-refractivity contribution >= 4 is 17.5 Å². The number of nitrogens with zero attached hydrogens (tertiary/aromatic N) is 2. The monoisotopic (exact) mass is 338 g/mol. The second-order valence-electron chi connectivity index (χ2n) is 6.64. The average molecular weight is 338 g/mol. The Hall–Kier alpha value is -2.68. The molecule has 0 saturated heterocycles. The van der Waals surface area contributed by atoms with Gasteiger partial charge in [-0.1, -0.05) is 12.1 Å². The molecule has 0 aromatic heterocycles. The molecule has 2 aliphatic heterocycles. The number of nitrogens with one attached hydrogen (secondary N) is 2. The highest BCUT2D eigenvalue weighted by molar-refractivity contribution is 5.93. The summed E-state index contributed by atoms with van der Waals surface area (Å²) in [4.78, 5) is 23.6. The maximum Gasteiger partial charge on any atom is 0.224 e. The van der Waals surface area contributed by atoms with Gasteiger partial charge in [-0.15, -0.1) is 12.3 Å². The van der Waals surface area contributed by atoms with Gasteiger partial charge in [0.05, 0.1) is 6.04 Å². The standard InChI is InChI=1S/C19H22N4O2/c1-3-4-10-19(22-23-19)11-9-18(25)20-13(2)14-5-7-16-15(12-14)6-8-17(24)21-16/h1,5,7,12-13H,4,6,8-11H2,2H3,(H,20,25)(H,21,24). The van der Waals surface area contributed by atoms with Crippen molar-refractivity contribution in [3.8, 4) is 12.3 Å². The number of anilines is 1. The smallest absolute Gasteiger partial charge is 0.224 e. The van der Waals surface area contributed by atoms with E-state index in [1.54, 1.807) is 0 Å². The predicted octanol–water partition coefficient (Wildman–Crippen LogP) is 3.10. The Bertz CT molecular complexity index is 757. The predicted molar refractivity (Wildman–Crippen MR) is 94.8 cm³/mol. The SMILES string of the molecule is C#CCCC1(CCC(=O)NC(C)c2ccc3c(c2)CCC(=O)N3)N=N1. The Morgan fingerprint density at radius 3 is 2.92 bits per heavy atom. The number of rotatable bonds is 7. The first-order valence-electron chi connectivity index (χ1n) is 8.61. The summed E-state index contributed by atoms with van der Waals surface area (Å²) >= 11 is 0. The highest BCUT2D eigenvalue weighted by Crippen LogP contribution is 2.37. The van der Waals surface area contributed by atoms with Crippen LogP contribution in [0.3, 0.4) is 0 Å². The van der Waals surface area contributed by atoms with Crippen LogP contribution < -0.4 is 10.6 Å². The van der Waals surface area contributed by atoms with E-state index in [1.165, 1.54) is 0 Å². The summed E-state index contributed by atoms with van der Waals surface area (Å²) < 4.78 is 0. The number of terminal acetylenes is 1. The molecule has 1 aromatic rings. The third-order valence-electron chi connectivity index (χ3n) is 4.71. The minimum Gasteiger partial charge on any atom is -0.350 e. The van der Waals surface area contributed by atoms with Crippen LogP contribution >= 0.6 is 0 Å². The van der Waals surface area contributed by atoms with Gasteiger partial charge in [-0.2, -0.15) is 10.2 Å². The highest BCUT2D eigenvalue weighted by Gasteiger charge is 2.39. The zero-order valence-corrected chi connectivity index (χ0v) is 14.3. The lowest BCUT2D eigenvalue weighted by molar-refractivity contribution is -0.122. The molecule has 1 unspecified atom stereocenters. The van der Waals surface area contributed by atoms with Crippen molar-refractivity contribution in [1.82, 2.24) is 5.32 Å². The zero-order chi connectivity index (χ0) is 17.9. The number of aryl methyl sites for hydroxylation is 1. The maximum atomic E-state index is 12.2. The van der Waals surface area contributed by atoms with E-state index in [-0.39, 0.29) is 17.9 Å². The molecule has 2 heterocycles. The Morgan fingerprint density at radius 1 is 1.40 bits per heavy atom. The molecule has 6 heteroatoms. The van der Waals surface area contributed by atoms with E-state index in [9.17, 15) is 9.59 Å². The van der Waals surface area contributed by atoms with Gasteiger partial charge in [0.15, 0.2) is 5.66 Å². The Kier molecular flexibility index (Phi) is 4.84. The van der Waals surface area contributed by atoms with Gasteiger partial charge >= 0.3 is 0 Å². The molecular formula is C19H22N4O2. The maximum absolute atomic E-state index is 12.2. The molecule has 0 bridgehead atoms. The van der Waals surface area contributed by atoms with Crippen LogP contribution in [0.4, 0.5) is 5.69 Å². The van der Waals surface area contributed by atoms with Crippen molar-refractivity contribution in [2.45, 2.75) is 57.2 Å². The van der Waals surface area contributed by atoms with E-state index in [4.69, 9.17) is 6.42 Å². The number of carbonyl (C=O) groups is 2. The molecule has 2 aliphatic rings. The summed E-state index contributed by atoms with van der Waals surface area (Å²) in [7, 11) is 0. The Morgan fingerprint density at radius 2 is 2.20 bits per heavy atom. The van der Waals surface area contributed by atoms with Gasteiger partial charge in [0.2, 0.25) is 11.8 Å². The molecule has 0 saturated carbocycles. The molecule has 130 valence electrons. The third-order valence-corrected chi connectivity index (χ3v) is 4.71. The van der Waals surface area contributed by atoms with Crippen molar-refractivity contribution in [3.05, 3.63) is 29.3 Å². The van der Waals surface area contributed by atoms with Crippen LogP contribution in [0.5, 0.6) is 0 Å². The topological polar surface area (TPSA) is 82.9 Å². The molecule has 1 aromatic carbocycles. The van der Waals surface area contributed by atoms with Gasteiger partial charge in [-0.3, -0.25) is 9.59 Å². The van der Waals surface area contributed by atoms with Gasteiger partial charge in [-0.05, 0) is 30.5 Å². The molecule has 0 radical (unpaired) electrons. The third kappa shape index (κ3) is 4.24. The molecule has 2 amide bonds. The normalized spacial score (nSPS) is 17.8. The largest absolute Gasteiger partial charge is 0.350 e. The molecule has 1 atom stereocenters. The fourth-order valence-corrected chi connectivity index (χ4v) is 3.05. The lowest BCUT2D eigenvalue weighted by Gasteiger charge is -2.20. The fourth-order valence-electron chi connectivity index (χ4n) is 3.05. The molecule has 0 aliphatic carbocycles. The second kappa shape index (κ2) is 7.06. The number of carbonyl (C=O) groups excluding carboxylic acids is 2. The minimum absolute atomic E-state index is 0.0177. The summed E-state index contributed by atoms with van der Waals surface area (Å²) in [6.07, 6.45) is 8.82. The summed E-state index contributed by atoms with van der Waals surface area (Å²) in [5.41, 5.74) is 2.59. The number of amides is 2. The van der Waals surface area contributed by atoms with Gasteiger partial charge in [0, 0.05) is 37.8 Å². The van der Waals surface area contributed by atoms with E-state index < -0.39 is 5.66 Å². The van der Waals surface area contributed by atoms with E-state index in [0.717, 1.165) is 23.2 Å². The molecule has 6 nitrogen and oxygen atoms in total. The molecule has 0 fully saturated rings. The first kappa shape index (κ1) is 17.2. The minimum atomic E-state index is -0.420. The molecule has 3 rings (SSSR count). The summed E-state index contributed by atoms with van der Waals surface area (Å²) in [5.74, 6) is 2.62. The average Bonchev–Trinajstić information content (AvgIpc) is 3.38. The van der Waals surface area contributed by atoms with Gasteiger partial charge in [0.1, 0.15) is 0 Å². The number of benzene rings is 1. The van der Waals surface area contributed by atoms with E-state index in [2.05, 4.69) is 32.8 Å². The van der Waals surface area contributed by atoms with Crippen LogP contribution in [0.2, 0.25) is 0 Å². The van der Waals surface area contributed by atoms with Gasteiger partial charge < -0.3 is 10.6 Å². The van der Waals surface area contributed by atoms with E-state index in [1.807, 2.05) is 19.1 Å². The number of hydrogen-bond donors (Lipinski definition) is 2. The van der Waals surface area contributed by atoms with Crippen LogP contribution in [-0.4, -0.2) is 17.5 Å². The highest BCUT2D eigenvalue weighted by atomic mass is 16.2. The van der Waals surface area contributed by atoms with Crippen molar-refractivity contribution in [2.24, 2.45) is 10.2 Å². The van der Waals surface area contributed by atoms with Crippen molar-refractivity contribution in [1.29, 1.82) is 0 Å². The Labute approximate surface area is 147 Å². The molecule has 25 heavy (non-hydrogen) atoms. The lowest BCUT2D eigenvalue weighted by atomic mass is 9.97. The summed E-state index contributed by atoms with van der Waals surface area (Å²) in [6, 6.07) is 5.81. The summed E-state index contributed by atoms with van der Waals surface area (Å²) in [6.45, 7) is 1.96. The van der Waals surface area contributed by atoms with Crippen LogP contribution in [0.25, 0.3) is 0 Å². The van der Waals surface area contributed by atoms with Gasteiger partial charge in [-0.25, -0.2) is 0 Å². The Balaban J connectivity index is 1.52. The summed E-state index contributed by atoms with van der Waals surface area (Å²) in [5, 5.41) is 14.0. The van der Waals surface area contributed by atoms with Crippen molar-refractivity contribution < 1.29 is 9.59 Å². The number of fused-ring (bicyclic) bond motifs is 1. The van der Waals surface area contributed by atoms with Crippen molar-refractivity contribution in [2.75, 3.05) is 5.32 Å². The van der Waals surface area contributed by atoms with Crippen LogP contribution in [0.1, 0.15) is 56.2 Å². The van der Waals surface area contributed by atoms with Crippen LogP contribution in [0, 0.1) is 12.3 Å². The van der Waals surface area contributed by atoms with Crippen molar-refractivity contribution in [3.63, 3.8) is 0 Å². The fraction of sp³-hybridized carbons (Fsp3) is 0.474.